The van der Waals surface area contributed by atoms with Crippen LogP contribution in [0.3, 0.4) is 0 Å². The van der Waals surface area contributed by atoms with E-state index < -0.39 is 6.43 Å². The lowest BCUT2D eigenvalue weighted by molar-refractivity contribution is 0.0830. The smallest absolute Gasteiger partial charge is 0.265 e. The fraction of sp³-hybridized carbons (Fsp3) is 0.688. The molecule has 1 aromatic heterocycles. The van der Waals surface area contributed by atoms with Crippen LogP contribution in [0, 0.1) is 0 Å². The van der Waals surface area contributed by atoms with Gasteiger partial charge in [-0.05, 0) is 31.9 Å². The second-order valence-corrected chi connectivity index (χ2v) is 5.77. The molecule has 1 aliphatic heterocycles. The Kier molecular flexibility index (Phi) is 5.65. The highest BCUT2D eigenvalue weighted by Crippen LogP contribution is 2.26. The molecular formula is C16H25F2N3. The molecule has 0 amide bonds. The van der Waals surface area contributed by atoms with Crippen molar-refractivity contribution in [3.8, 4) is 0 Å². The van der Waals surface area contributed by atoms with Crippen molar-refractivity contribution in [2.24, 2.45) is 0 Å². The molecule has 1 N–H and O–H groups in total. The van der Waals surface area contributed by atoms with E-state index in [0.717, 1.165) is 31.6 Å². The maximum Gasteiger partial charge on any atom is 0.265 e. The predicted molar refractivity (Wildman–Crippen MR) is 80.5 cm³/mol. The van der Waals surface area contributed by atoms with Gasteiger partial charge in [0.2, 0.25) is 0 Å². The molecule has 2 rings (SSSR count). The molecule has 5 heteroatoms. The number of rotatable bonds is 5. The maximum absolute atomic E-state index is 12.6. The Hall–Kier alpha value is -1.07. The number of alkyl halides is 2. The number of nitrogens with one attached hydrogen (secondary N) is 1. The standard InChI is InChI=1S/C16H25F2N3/c1-4-13-10-21(14(5-2)9-19-13)11(3)15-7-6-12(8-20-15)16(17)18/h6-8,11,13-14,16,19H,4-5,9-10H2,1-3H3/t11?,13-,14+/m0/s1. The average molecular weight is 297 g/mol. The summed E-state index contributed by atoms with van der Waals surface area (Å²) in [7, 11) is 0. The number of piperazine rings is 1. The fourth-order valence-corrected chi connectivity index (χ4v) is 2.98. The molecule has 0 radical (unpaired) electrons. The van der Waals surface area contributed by atoms with Crippen molar-refractivity contribution in [3.63, 3.8) is 0 Å². The predicted octanol–water partition coefficient (Wildman–Crippen LogP) is 3.54. The van der Waals surface area contributed by atoms with Gasteiger partial charge in [0.25, 0.3) is 6.43 Å². The third-order valence-electron chi connectivity index (χ3n) is 4.49. The Morgan fingerprint density at radius 2 is 2.10 bits per heavy atom. The van der Waals surface area contributed by atoms with Crippen LogP contribution in [0.2, 0.25) is 0 Å². The van der Waals surface area contributed by atoms with E-state index in [1.807, 2.05) is 0 Å². The normalized spacial score (nSPS) is 25.2. The first-order valence-electron chi connectivity index (χ1n) is 7.79. The molecule has 1 aromatic rings. The van der Waals surface area contributed by atoms with Crippen LogP contribution in [0.15, 0.2) is 18.3 Å². The van der Waals surface area contributed by atoms with Gasteiger partial charge in [0.05, 0.1) is 5.69 Å². The molecule has 1 unspecified atom stereocenters. The third-order valence-corrected chi connectivity index (χ3v) is 4.49. The Bertz CT molecular complexity index is 436. The molecule has 0 bridgehead atoms. The van der Waals surface area contributed by atoms with Crippen LogP contribution in [0.5, 0.6) is 0 Å². The molecule has 0 aliphatic carbocycles. The Balaban J connectivity index is 2.13. The van der Waals surface area contributed by atoms with Gasteiger partial charge < -0.3 is 5.32 Å². The summed E-state index contributed by atoms with van der Waals surface area (Å²) in [5.41, 5.74) is 0.861. The lowest BCUT2D eigenvalue weighted by Crippen LogP contribution is -2.56. The van der Waals surface area contributed by atoms with Gasteiger partial charge in [-0.15, -0.1) is 0 Å². The molecule has 0 aromatic carbocycles. The van der Waals surface area contributed by atoms with Gasteiger partial charge in [0, 0.05) is 43.0 Å². The highest BCUT2D eigenvalue weighted by atomic mass is 19.3. The zero-order chi connectivity index (χ0) is 15.4. The van der Waals surface area contributed by atoms with E-state index in [2.05, 4.69) is 36.0 Å². The zero-order valence-corrected chi connectivity index (χ0v) is 13.0. The molecular weight excluding hydrogens is 272 g/mol. The minimum Gasteiger partial charge on any atom is -0.311 e. The van der Waals surface area contributed by atoms with Crippen molar-refractivity contribution in [2.45, 2.75) is 58.2 Å². The fourth-order valence-electron chi connectivity index (χ4n) is 2.98. The highest BCUT2D eigenvalue weighted by molar-refractivity contribution is 5.17. The molecule has 1 fully saturated rings. The Labute approximate surface area is 125 Å². The number of aromatic nitrogens is 1. The lowest BCUT2D eigenvalue weighted by atomic mass is 10.0. The molecule has 0 saturated carbocycles. The minimum absolute atomic E-state index is 0.00950. The molecule has 3 nitrogen and oxygen atoms in total. The first kappa shape index (κ1) is 16.3. The van der Waals surface area contributed by atoms with Crippen LogP contribution in [0.1, 0.15) is 57.3 Å². The molecule has 21 heavy (non-hydrogen) atoms. The monoisotopic (exact) mass is 297 g/mol. The number of pyridine rings is 1. The summed E-state index contributed by atoms with van der Waals surface area (Å²) in [6, 6.07) is 4.35. The molecule has 1 saturated heterocycles. The van der Waals surface area contributed by atoms with E-state index in [9.17, 15) is 8.78 Å². The van der Waals surface area contributed by atoms with Crippen LogP contribution >= 0.6 is 0 Å². The summed E-state index contributed by atoms with van der Waals surface area (Å²) < 4.78 is 25.2. The molecule has 118 valence electrons. The van der Waals surface area contributed by atoms with Crippen LogP contribution in [-0.4, -0.2) is 35.1 Å². The van der Waals surface area contributed by atoms with E-state index in [0.29, 0.717) is 12.1 Å². The van der Waals surface area contributed by atoms with Crippen molar-refractivity contribution in [3.05, 3.63) is 29.6 Å². The summed E-state index contributed by atoms with van der Waals surface area (Å²) in [6.45, 7) is 8.45. The van der Waals surface area contributed by atoms with Crippen molar-refractivity contribution < 1.29 is 8.78 Å². The van der Waals surface area contributed by atoms with Gasteiger partial charge >= 0.3 is 0 Å². The van der Waals surface area contributed by atoms with Gasteiger partial charge in [-0.25, -0.2) is 8.78 Å². The zero-order valence-electron chi connectivity index (χ0n) is 13.0. The van der Waals surface area contributed by atoms with Crippen molar-refractivity contribution in [2.75, 3.05) is 13.1 Å². The van der Waals surface area contributed by atoms with Gasteiger partial charge in [0.1, 0.15) is 0 Å². The van der Waals surface area contributed by atoms with E-state index >= 15 is 0 Å². The maximum atomic E-state index is 12.6. The number of hydrogen-bond acceptors (Lipinski definition) is 3. The first-order valence-corrected chi connectivity index (χ1v) is 7.79. The van der Waals surface area contributed by atoms with E-state index in [1.165, 1.54) is 12.3 Å². The van der Waals surface area contributed by atoms with Crippen molar-refractivity contribution in [1.29, 1.82) is 0 Å². The number of nitrogens with zero attached hydrogens (tertiary/aromatic N) is 2. The first-order chi connectivity index (χ1) is 10.1. The van der Waals surface area contributed by atoms with Crippen molar-refractivity contribution in [1.82, 2.24) is 15.2 Å². The molecule has 0 spiro atoms. The van der Waals surface area contributed by atoms with E-state index in [1.54, 1.807) is 6.07 Å². The molecule has 3 atom stereocenters. The second-order valence-electron chi connectivity index (χ2n) is 5.77. The summed E-state index contributed by atoms with van der Waals surface area (Å²) in [5.74, 6) is 0. The van der Waals surface area contributed by atoms with Gasteiger partial charge in [0.15, 0.2) is 0 Å². The largest absolute Gasteiger partial charge is 0.311 e. The second kappa shape index (κ2) is 7.27. The highest BCUT2D eigenvalue weighted by Gasteiger charge is 2.30. The molecule has 2 heterocycles. The van der Waals surface area contributed by atoms with Crippen LogP contribution in [0.25, 0.3) is 0 Å². The summed E-state index contributed by atoms with van der Waals surface area (Å²) in [5, 5.41) is 3.57. The average Bonchev–Trinajstić information content (AvgIpc) is 2.53. The lowest BCUT2D eigenvalue weighted by Gasteiger charge is -2.43. The summed E-state index contributed by atoms with van der Waals surface area (Å²) >= 11 is 0. The number of hydrogen-bond donors (Lipinski definition) is 1. The molecule has 1 aliphatic rings. The minimum atomic E-state index is -2.45. The quantitative estimate of drug-likeness (QED) is 0.901. The van der Waals surface area contributed by atoms with Gasteiger partial charge in [-0.2, -0.15) is 0 Å². The van der Waals surface area contributed by atoms with Crippen LogP contribution in [-0.2, 0) is 0 Å². The topological polar surface area (TPSA) is 28.2 Å². The summed E-state index contributed by atoms with van der Waals surface area (Å²) in [6.07, 6.45) is 1.02. The van der Waals surface area contributed by atoms with E-state index in [-0.39, 0.29) is 11.6 Å². The number of halogens is 2. The van der Waals surface area contributed by atoms with Crippen LogP contribution in [0.4, 0.5) is 8.78 Å². The van der Waals surface area contributed by atoms with Gasteiger partial charge in [-0.1, -0.05) is 13.8 Å². The van der Waals surface area contributed by atoms with E-state index in [4.69, 9.17) is 0 Å². The summed E-state index contributed by atoms with van der Waals surface area (Å²) in [4.78, 5) is 6.71. The van der Waals surface area contributed by atoms with Crippen molar-refractivity contribution >= 4 is 0 Å². The van der Waals surface area contributed by atoms with Gasteiger partial charge in [-0.3, -0.25) is 9.88 Å². The Morgan fingerprint density at radius 1 is 1.33 bits per heavy atom. The Morgan fingerprint density at radius 3 is 2.62 bits per heavy atom. The van der Waals surface area contributed by atoms with Crippen LogP contribution < -0.4 is 5.32 Å². The third kappa shape index (κ3) is 3.77. The SMILES string of the molecule is CC[C@H]1CN(C(C)c2ccc(C(F)F)cn2)[C@H](CC)CN1.